The maximum Gasteiger partial charge on any atom is 0.269 e. The van der Waals surface area contributed by atoms with E-state index < -0.39 is 4.92 Å². The lowest BCUT2D eigenvalue weighted by Gasteiger charge is -2.26. The van der Waals surface area contributed by atoms with Gasteiger partial charge in [0.15, 0.2) is 5.11 Å². The van der Waals surface area contributed by atoms with Gasteiger partial charge in [-0.25, -0.2) is 0 Å². The van der Waals surface area contributed by atoms with Gasteiger partial charge in [-0.2, -0.15) is 0 Å². The molecule has 192 valence electrons. The molecule has 0 spiro atoms. The van der Waals surface area contributed by atoms with Crippen LogP contribution in [0.1, 0.15) is 23.5 Å². The van der Waals surface area contributed by atoms with Crippen LogP contribution >= 0.6 is 12.2 Å². The van der Waals surface area contributed by atoms with Crippen molar-refractivity contribution in [3.63, 3.8) is 0 Å². The molecule has 0 bridgehead atoms. The van der Waals surface area contributed by atoms with Gasteiger partial charge in [-0.3, -0.25) is 15.1 Å². The standard InChI is InChI=1S/C30H22N4O4S/c35-34(36)22-11-9-20(10-12-22)26-17-18-27(38-26)29-28(25-8-4-5-19-31-25)32-30(39)33(29)21-13-15-24(16-14-21)37-23-6-2-1-3-7-23/h1-19,28-29H,(H,32,39)/t28-,29+/m1/s1. The van der Waals surface area contributed by atoms with Crippen molar-refractivity contribution < 1.29 is 14.1 Å². The largest absolute Gasteiger partial charge is 0.459 e. The van der Waals surface area contributed by atoms with Crippen molar-refractivity contribution in [2.45, 2.75) is 12.1 Å². The Kier molecular flexibility index (Phi) is 6.48. The molecule has 6 rings (SSSR count). The molecule has 8 nitrogen and oxygen atoms in total. The van der Waals surface area contributed by atoms with E-state index in [0.29, 0.717) is 22.4 Å². The molecule has 3 aromatic carbocycles. The highest BCUT2D eigenvalue weighted by Crippen LogP contribution is 2.43. The number of non-ortho nitro benzene ring substituents is 1. The summed E-state index contributed by atoms with van der Waals surface area (Å²) in [6.45, 7) is 0. The molecule has 2 atom stereocenters. The Balaban J connectivity index is 1.34. The summed E-state index contributed by atoms with van der Waals surface area (Å²) in [6.07, 6.45) is 1.75. The first-order valence-corrected chi connectivity index (χ1v) is 12.7. The van der Waals surface area contributed by atoms with Crippen molar-refractivity contribution in [2.75, 3.05) is 4.90 Å². The first kappa shape index (κ1) is 24.3. The van der Waals surface area contributed by atoms with Gasteiger partial charge in [0, 0.05) is 29.6 Å². The Morgan fingerprint density at radius 2 is 1.59 bits per heavy atom. The topological polar surface area (TPSA) is 93.7 Å². The summed E-state index contributed by atoms with van der Waals surface area (Å²) >= 11 is 5.80. The molecule has 1 saturated heterocycles. The predicted octanol–water partition coefficient (Wildman–Crippen LogP) is 7.22. The number of nitrogens with zero attached hydrogens (tertiary/aromatic N) is 3. The van der Waals surface area contributed by atoms with E-state index >= 15 is 0 Å². The van der Waals surface area contributed by atoms with Crippen LogP contribution in [0.5, 0.6) is 11.5 Å². The number of para-hydroxylation sites is 1. The number of thiocarbonyl (C=S) groups is 1. The van der Waals surface area contributed by atoms with Crippen molar-refractivity contribution in [3.05, 3.63) is 137 Å². The Morgan fingerprint density at radius 3 is 2.28 bits per heavy atom. The highest BCUT2D eigenvalue weighted by molar-refractivity contribution is 7.80. The molecule has 5 aromatic rings. The van der Waals surface area contributed by atoms with Crippen molar-refractivity contribution >= 4 is 28.7 Å². The molecule has 2 aromatic heterocycles. The molecule has 3 heterocycles. The van der Waals surface area contributed by atoms with E-state index in [1.54, 1.807) is 18.3 Å². The molecule has 1 fully saturated rings. The minimum absolute atomic E-state index is 0.0250. The van der Waals surface area contributed by atoms with Gasteiger partial charge in [-0.1, -0.05) is 24.3 Å². The fourth-order valence-corrected chi connectivity index (χ4v) is 4.98. The Labute approximate surface area is 229 Å². The number of pyridine rings is 1. The van der Waals surface area contributed by atoms with E-state index in [-0.39, 0.29) is 17.8 Å². The Bertz CT molecular complexity index is 1610. The van der Waals surface area contributed by atoms with Crippen LogP contribution in [0.25, 0.3) is 11.3 Å². The van der Waals surface area contributed by atoms with Crippen molar-refractivity contribution in [1.29, 1.82) is 0 Å². The Morgan fingerprint density at radius 1 is 0.872 bits per heavy atom. The maximum absolute atomic E-state index is 11.1. The molecule has 0 unspecified atom stereocenters. The van der Waals surface area contributed by atoms with E-state index in [2.05, 4.69) is 10.3 Å². The summed E-state index contributed by atoms with van der Waals surface area (Å²) < 4.78 is 12.3. The first-order chi connectivity index (χ1) is 19.1. The van der Waals surface area contributed by atoms with Gasteiger partial charge in [0.05, 0.1) is 16.7 Å². The molecule has 39 heavy (non-hydrogen) atoms. The third-order valence-electron chi connectivity index (χ3n) is 6.47. The molecule has 0 aliphatic carbocycles. The lowest BCUT2D eigenvalue weighted by atomic mass is 10.0. The minimum atomic E-state index is -0.423. The molecule has 0 radical (unpaired) electrons. The number of ether oxygens (including phenoxy) is 1. The molecule has 1 N–H and O–H groups in total. The summed E-state index contributed by atoms with van der Waals surface area (Å²) in [5.74, 6) is 2.74. The third-order valence-corrected chi connectivity index (χ3v) is 6.79. The monoisotopic (exact) mass is 534 g/mol. The number of furan rings is 1. The summed E-state index contributed by atoms with van der Waals surface area (Å²) in [5, 5.41) is 15.0. The smallest absolute Gasteiger partial charge is 0.269 e. The number of hydrogen-bond donors (Lipinski definition) is 1. The van der Waals surface area contributed by atoms with E-state index in [9.17, 15) is 10.1 Å². The lowest BCUT2D eigenvalue weighted by Crippen LogP contribution is -2.29. The number of anilines is 1. The van der Waals surface area contributed by atoms with E-state index in [0.717, 1.165) is 22.7 Å². The average molecular weight is 535 g/mol. The van der Waals surface area contributed by atoms with Crippen LogP contribution in [0.3, 0.4) is 0 Å². The number of nitro benzene ring substituents is 1. The summed E-state index contributed by atoms with van der Waals surface area (Å²) in [6, 6.07) is 32.5. The van der Waals surface area contributed by atoms with Crippen LogP contribution in [0.2, 0.25) is 0 Å². The third kappa shape index (κ3) is 4.95. The van der Waals surface area contributed by atoms with Crippen LogP contribution in [0.4, 0.5) is 11.4 Å². The van der Waals surface area contributed by atoms with Crippen LogP contribution in [0.15, 0.2) is 120 Å². The zero-order valence-electron chi connectivity index (χ0n) is 20.5. The van der Waals surface area contributed by atoms with Crippen molar-refractivity contribution in [2.24, 2.45) is 0 Å². The van der Waals surface area contributed by atoms with Gasteiger partial charge in [0.25, 0.3) is 5.69 Å². The fraction of sp³-hybridized carbons (Fsp3) is 0.0667. The van der Waals surface area contributed by atoms with Gasteiger partial charge in [-0.15, -0.1) is 0 Å². The highest BCUT2D eigenvalue weighted by Gasteiger charge is 2.42. The zero-order chi connectivity index (χ0) is 26.8. The van der Waals surface area contributed by atoms with Gasteiger partial charge in [0.2, 0.25) is 0 Å². The lowest BCUT2D eigenvalue weighted by molar-refractivity contribution is -0.384. The van der Waals surface area contributed by atoms with E-state index in [4.69, 9.17) is 21.4 Å². The van der Waals surface area contributed by atoms with Crippen molar-refractivity contribution in [1.82, 2.24) is 10.3 Å². The summed E-state index contributed by atoms with van der Waals surface area (Å²) in [4.78, 5) is 17.2. The second-order valence-corrected chi connectivity index (χ2v) is 9.30. The minimum Gasteiger partial charge on any atom is -0.459 e. The van der Waals surface area contributed by atoms with Gasteiger partial charge >= 0.3 is 0 Å². The fourth-order valence-electron chi connectivity index (χ4n) is 4.64. The Hall–Kier alpha value is -5.02. The number of hydrogen-bond acceptors (Lipinski definition) is 6. The average Bonchev–Trinajstić information content (AvgIpc) is 3.59. The molecular weight excluding hydrogens is 512 g/mol. The molecule has 9 heteroatoms. The second-order valence-electron chi connectivity index (χ2n) is 8.91. The van der Waals surface area contributed by atoms with Crippen LogP contribution in [-0.4, -0.2) is 15.0 Å². The number of nitro groups is 1. The van der Waals surface area contributed by atoms with Gasteiger partial charge in [-0.05, 0) is 85.0 Å². The van der Waals surface area contributed by atoms with Crippen molar-refractivity contribution in [3.8, 4) is 22.8 Å². The van der Waals surface area contributed by atoms with Gasteiger partial charge in [0.1, 0.15) is 29.1 Å². The number of rotatable bonds is 7. The highest BCUT2D eigenvalue weighted by atomic mass is 32.1. The SMILES string of the molecule is O=[N+]([O-])c1ccc(-c2ccc([C@H]3[C@@H](c4ccccn4)NC(=S)N3c3ccc(Oc4ccccc4)cc3)o2)cc1. The number of nitrogens with one attached hydrogen (secondary N) is 1. The molecular formula is C30H22N4O4S. The number of aromatic nitrogens is 1. The quantitative estimate of drug-likeness (QED) is 0.133. The molecule has 0 amide bonds. The van der Waals surface area contributed by atoms with Crippen LogP contribution < -0.4 is 15.0 Å². The molecule has 1 aliphatic heterocycles. The second kappa shape index (κ2) is 10.4. The van der Waals surface area contributed by atoms with E-state index in [1.807, 2.05) is 89.8 Å². The zero-order valence-corrected chi connectivity index (χ0v) is 21.3. The van der Waals surface area contributed by atoms with Crippen LogP contribution in [-0.2, 0) is 0 Å². The number of benzene rings is 3. The van der Waals surface area contributed by atoms with Gasteiger partial charge < -0.3 is 19.4 Å². The molecule has 1 aliphatic rings. The summed E-state index contributed by atoms with van der Waals surface area (Å²) in [7, 11) is 0. The molecule has 0 saturated carbocycles. The first-order valence-electron chi connectivity index (χ1n) is 12.2. The maximum atomic E-state index is 11.1. The predicted molar refractivity (Wildman–Crippen MR) is 152 cm³/mol. The van der Waals surface area contributed by atoms with Crippen LogP contribution in [0, 0.1) is 10.1 Å². The van der Waals surface area contributed by atoms with E-state index in [1.165, 1.54) is 12.1 Å². The normalized spacial score (nSPS) is 16.6. The summed E-state index contributed by atoms with van der Waals surface area (Å²) in [5.41, 5.74) is 2.45.